The molecule has 14 heavy (non-hydrogen) atoms. The number of amides is 1. The number of rotatable bonds is 3. The monoisotopic (exact) mass is 194 g/mol. The summed E-state index contributed by atoms with van der Waals surface area (Å²) in [7, 11) is 0. The molecule has 1 aliphatic carbocycles. The molecule has 4 nitrogen and oxygen atoms in total. The molecule has 1 rings (SSSR count). The van der Waals surface area contributed by atoms with Gasteiger partial charge in [-0.3, -0.25) is 4.79 Å². The molecular weight excluding hydrogens is 180 g/mol. The van der Waals surface area contributed by atoms with E-state index in [4.69, 9.17) is 5.73 Å². The van der Waals surface area contributed by atoms with Gasteiger partial charge in [0.25, 0.3) is 0 Å². The Kier molecular flexibility index (Phi) is 3.94. The molecule has 0 heterocycles. The van der Waals surface area contributed by atoms with Gasteiger partial charge in [0.15, 0.2) is 0 Å². The molecule has 0 unspecified atom stereocenters. The van der Waals surface area contributed by atoms with E-state index in [1.807, 2.05) is 6.08 Å². The maximum atomic E-state index is 11.2. The van der Waals surface area contributed by atoms with Gasteiger partial charge in [0.05, 0.1) is 0 Å². The molecule has 0 aromatic carbocycles. The van der Waals surface area contributed by atoms with E-state index >= 15 is 0 Å². The average Bonchev–Trinajstić information content (AvgIpc) is 2.30. The molecule has 1 aliphatic rings. The lowest BCUT2D eigenvalue weighted by molar-refractivity contribution is -0.120. The van der Waals surface area contributed by atoms with Gasteiger partial charge in [0.1, 0.15) is 5.76 Å². The maximum Gasteiger partial charge on any atom is 0.225 e. The summed E-state index contributed by atoms with van der Waals surface area (Å²) in [5.74, 6) is 0.0242. The van der Waals surface area contributed by atoms with Crippen LogP contribution in [0.15, 0.2) is 35.8 Å². The van der Waals surface area contributed by atoms with E-state index < -0.39 is 0 Å². The van der Waals surface area contributed by atoms with Crippen LogP contribution in [-0.2, 0) is 4.79 Å². The first-order valence-corrected chi connectivity index (χ1v) is 4.49. The number of carbonyl (C=O) groups excluding carboxylic acids is 1. The van der Waals surface area contributed by atoms with Gasteiger partial charge in [-0.15, -0.1) is 0 Å². The van der Waals surface area contributed by atoms with E-state index in [-0.39, 0.29) is 18.1 Å². The smallest absolute Gasteiger partial charge is 0.225 e. The van der Waals surface area contributed by atoms with E-state index in [0.717, 1.165) is 0 Å². The summed E-state index contributed by atoms with van der Waals surface area (Å²) in [6.07, 6.45) is 7.75. The molecule has 0 saturated heterocycles. The van der Waals surface area contributed by atoms with Crippen molar-refractivity contribution >= 4 is 5.91 Å². The minimum Gasteiger partial charge on any atom is -0.508 e. The lowest BCUT2D eigenvalue weighted by Gasteiger charge is -2.03. The van der Waals surface area contributed by atoms with Gasteiger partial charge in [-0.1, -0.05) is 6.08 Å². The maximum absolute atomic E-state index is 11.2. The highest BCUT2D eigenvalue weighted by atomic mass is 16.3. The van der Waals surface area contributed by atoms with Crippen LogP contribution in [0.3, 0.4) is 0 Å². The first-order chi connectivity index (χ1) is 6.72. The van der Waals surface area contributed by atoms with E-state index in [1.54, 1.807) is 12.2 Å². The van der Waals surface area contributed by atoms with Gasteiger partial charge in [-0.05, 0) is 18.6 Å². The van der Waals surface area contributed by atoms with E-state index in [9.17, 15) is 9.90 Å². The first kappa shape index (κ1) is 10.5. The van der Waals surface area contributed by atoms with Crippen molar-refractivity contribution in [1.82, 2.24) is 5.32 Å². The van der Waals surface area contributed by atoms with Crippen LogP contribution in [0.2, 0.25) is 0 Å². The van der Waals surface area contributed by atoms with Crippen LogP contribution >= 0.6 is 0 Å². The Morgan fingerprint density at radius 2 is 2.43 bits per heavy atom. The molecule has 1 amide bonds. The topological polar surface area (TPSA) is 75.4 Å². The van der Waals surface area contributed by atoms with Crippen molar-refractivity contribution < 1.29 is 9.90 Å². The standard InChI is InChI=1S/C10H14N2O2/c11-6-5-10(14)12-8-3-1-2-4-9(13)7-8/h1,3-4,7,13H,2,5-6,11H2,(H,12,14). The van der Waals surface area contributed by atoms with Gasteiger partial charge in [-0.2, -0.15) is 0 Å². The average molecular weight is 194 g/mol. The minimum atomic E-state index is -0.141. The highest BCUT2D eigenvalue weighted by Gasteiger charge is 2.03. The van der Waals surface area contributed by atoms with E-state index in [0.29, 0.717) is 18.7 Å². The molecular formula is C10H14N2O2. The van der Waals surface area contributed by atoms with Crippen molar-refractivity contribution in [2.24, 2.45) is 5.73 Å². The summed E-state index contributed by atoms with van der Waals surface area (Å²) in [4.78, 5) is 11.2. The second-order valence-corrected chi connectivity index (χ2v) is 2.95. The molecule has 4 heteroatoms. The second kappa shape index (κ2) is 5.24. The summed E-state index contributed by atoms with van der Waals surface area (Å²) in [5, 5.41) is 11.9. The molecule has 0 radical (unpaired) electrons. The van der Waals surface area contributed by atoms with Crippen LogP contribution < -0.4 is 11.1 Å². The Labute approximate surface area is 82.8 Å². The molecule has 0 aromatic rings. The van der Waals surface area contributed by atoms with Crippen molar-refractivity contribution in [2.45, 2.75) is 12.8 Å². The van der Waals surface area contributed by atoms with Crippen molar-refractivity contribution in [3.8, 4) is 0 Å². The minimum absolute atomic E-state index is 0.141. The molecule has 4 N–H and O–H groups in total. The number of hydrogen-bond acceptors (Lipinski definition) is 3. The molecule has 0 aliphatic heterocycles. The van der Waals surface area contributed by atoms with Crippen molar-refractivity contribution in [3.63, 3.8) is 0 Å². The number of allylic oxidation sites excluding steroid dienone is 4. The zero-order chi connectivity index (χ0) is 10.4. The largest absolute Gasteiger partial charge is 0.508 e. The Hall–Kier alpha value is -1.55. The molecule has 0 spiro atoms. The Bertz CT molecular complexity index is 303. The summed E-state index contributed by atoms with van der Waals surface area (Å²) in [6, 6.07) is 0. The Morgan fingerprint density at radius 1 is 1.64 bits per heavy atom. The third kappa shape index (κ3) is 3.45. The number of aliphatic hydroxyl groups is 1. The van der Waals surface area contributed by atoms with E-state index in [2.05, 4.69) is 5.32 Å². The zero-order valence-electron chi connectivity index (χ0n) is 7.86. The van der Waals surface area contributed by atoms with Crippen molar-refractivity contribution in [1.29, 1.82) is 0 Å². The van der Waals surface area contributed by atoms with Crippen LogP contribution in [0.1, 0.15) is 12.8 Å². The molecule has 0 saturated carbocycles. The van der Waals surface area contributed by atoms with Gasteiger partial charge >= 0.3 is 0 Å². The Morgan fingerprint density at radius 3 is 3.14 bits per heavy atom. The predicted molar refractivity (Wildman–Crippen MR) is 54.4 cm³/mol. The van der Waals surface area contributed by atoms with Crippen LogP contribution in [0.5, 0.6) is 0 Å². The fourth-order valence-corrected chi connectivity index (χ4v) is 1.08. The molecule has 0 fully saturated rings. The summed E-state index contributed by atoms with van der Waals surface area (Å²) in [6.45, 7) is 0.324. The SMILES string of the molecule is NCCC(=O)NC1=CC(O)=CCC=C1. The third-order valence-corrected chi connectivity index (χ3v) is 1.72. The quantitative estimate of drug-likeness (QED) is 0.620. The molecule has 0 bridgehead atoms. The first-order valence-electron chi connectivity index (χ1n) is 4.49. The van der Waals surface area contributed by atoms with Crippen molar-refractivity contribution in [3.05, 3.63) is 35.8 Å². The normalized spacial score (nSPS) is 15.5. The number of nitrogens with two attached hydrogens (primary N) is 1. The summed E-state index contributed by atoms with van der Waals surface area (Å²) < 4.78 is 0. The predicted octanol–water partition coefficient (Wildman–Crippen LogP) is 0.737. The molecule has 0 aromatic heterocycles. The second-order valence-electron chi connectivity index (χ2n) is 2.95. The molecule has 0 atom stereocenters. The van der Waals surface area contributed by atoms with Crippen LogP contribution in [0.4, 0.5) is 0 Å². The van der Waals surface area contributed by atoms with Gasteiger partial charge in [0, 0.05) is 24.7 Å². The Balaban J connectivity index is 2.59. The van der Waals surface area contributed by atoms with Crippen LogP contribution in [-0.4, -0.2) is 17.6 Å². The number of nitrogens with one attached hydrogen (secondary N) is 1. The fraction of sp³-hybridized carbons (Fsp3) is 0.300. The zero-order valence-corrected chi connectivity index (χ0v) is 7.86. The number of aliphatic hydroxyl groups excluding tert-OH is 1. The molecule has 76 valence electrons. The van der Waals surface area contributed by atoms with Crippen LogP contribution in [0.25, 0.3) is 0 Å². The summed E-state index contributed by atoms with van der Waals surface area (Å²) in [5.41, 5.74) is 5.83. The van der Waals surface area contributed by atoms with Crippen LogP contribution in [0, 0.1) is 0 Å². The highest BCUT2D eigenvalue weighted by Crippen LogP contribution is 2.06. The van der Waals surface area contributed by atoms with Crippen molar-refractivity contribution in [2.75, 3.05) is 6.54 Å². The van der Waals surface area contributed by atoms with Gasteiger partial charge in [0.2, 0.25) is 5.91 Å². The highest BCUT2D eigenvalue weighted by molar-refractivity contribution is 5.78. The lowest BCUT2D eigenvalue weighted by atomic mass is 10.3. The van der Waals surface area contributed by atoms with E-state index in [1.165, 1.54) is 6.08 Å². The third-order valence-electron chi connectivity index (χ3n) is 1.72. The number of carbonyl (C=O) groups is 1. The summed E-state index contributed by atoms with van der Waals surface area (Å²) >= 11 is 0. The van der Waals surface area contributed by atoms with Gasteiger partial charge < -0.3 is 16.2 Å². The van der Waals surface area contributed by atoms with Gasteiger partial charge in [-0.25, -0.2) is 0 Å². The lowest BCUT2D eigenvalue weighted by Crippen LogP contribution is -2.24. The number of hydrogen-bond donors (Lipinski definition) is 3. The fourth-order valence-electron chi connectivity index (χ4n) is 1.08.